The summed E-state index contributed by atoms with van der Waals surface area (Å²) < 4.78 is 11.8. The molecule has 1 aliphatic carbocycles. The van der Waals surface area contributed by atoms with Crippen LogP contribution in [0.25, 0.3) is 16.3 Å². The predicted molar refractivity (Wildman–Crippen MR) is 149 cm³/mol. The highest BCUT2D eigenvalue weighted by molar-refractivity contribution is 6.12. The molecule has 0 aromatic heterocycles. The summed E-state index contributed by atoms with van der Waals surface area (Å²) in [5, 5.41) is 6.09. The van der Waals surface area contributed by atoms with Crippen LogP contribution in [0, 0.1) is 5.41 Å². The van der Waals surface area contributed by atoms with Crippen molar-refractivity contribution >= 4 is 27.8 Å². The molecule has 0 saturated heterocycles. The van der Waals surface area contributed by atoms with Crippen molar-refractivity contribution < 1.29 is 14.3 Å². The molecule has 1 atom stereocenters. The minimum Gasteiger partial charge on any atom is -0.493 e. The van der Waals surface area contributed by atoms with Crippen LogP contribution >= 0.6 is 0 Å². The van der Waals surface area contributed by atoms with Crippen LogP contribution < -0.4 is 14.8 Å². The van der Waals surface area contributed by atoms with Crippen LogP contribution in [0.2, 0.25) is 0 Å². The quantitative estimate of drug-likeness (QED) is 0.311. The average molecular weight is 490 g/mol. The van der Waals surface area contributed by atoms with Gasteiger partial charge in [-0.15, -0.1) is 0 Å². The molecule has 1 unspecified atom stereocenters. The fourth-order valence-electron chi connectivity index (χ4n) is 5.81. The first-order valence-electron chi connectivity index (χ1n) is 12.8. The van der Waals surface area contributed by atoms with Crippen molar-refractivity contribution in [3.05, 3.63) is 107 Å². The molecule has 37 heavy (non-hydrogen) atoms. The summed E-state index contributed by atoms with van der Waals surface area (Å²) in [5.74, 6) is 1.55. The van der Waals surface area contributed by atoms with E-state index in [2.05, 4.69) is 55.6 Å². The van der Waals surface area contributed by atoms with Crippen LogP contribution in [0.5, 0.6) is 11.5 Å². The van der Waals surface area contributed by atoms with Crippen molar-refractivity contribution in [3.8, 4) is 11.5 Å². The third-order valence-corrected chi connectivity index (χ3v) is 7.50. The molecule has 4 aromatic rings. The maximum Gasteiger partial charge on any atom is 0.162 e. The highest BCUT2D eigenvalue weighted by atomic mass is 16.5. The normalized spacial score (nSPS) is 18.1. The van der Waals surface area contributed by atoms with Crippen molar-refractivity contribution in [2.45, 2.75) is 39.3 Å². The summed E-state index contributed by atoms with van der Waals surface area (Å²) in [7, 11) is 1.66. The van der Waals surface area contributed by atoms with Gasteiger partial charge in [-0.05, 0) is 57.5 Å². The number of ether oxygens (including phenoxy) is 2. The molecule has 4 nitrogen and oxygen atoms in total. The summed E-state index contributed by atoms with van der Waals surface area (Å²) >= 11 is 0. The van der Waals surface area contributed by atoms with Gasteiger partial charge in [0.25, 0.3) is 0 Å². The lowest BCUT2D eigenvalue weighted by Crippen LogP contribution is -2.33. The summed E-state index contributed by atoms with van der Waals surface area (Å²) in [6.07, 6.45) is 1.40. The molecule has 4 aromatic carbocycles. The molecule has 4 heteroatoms. The second-order valence-electron chi connectivity index (χ2n) is 10.8. The zero-order valence-corrected chi connectivity index (χ0v) is 21.5. The zero-order valence-electron chi connectivity index (χ0n) is 21.5. The monoisotopic (exact) mass is 489 g/mol. The molecule has 0 spiro atoms. The highest BCUT2D eigenvalue weighted by Crippen LogP contribution is 2.52. The largest absolute Gasteiger partial charge is 0.493 e. The highest BCUT2D eigenvalue weighted by Gasteiger charge is 2.41. The first-order chi connectivity index (χ1) is 17.9. The molecule has 0 bridgehead atoms. The molecule has 0 fully saturated rings. The number of allylic oxidation sites excluding steroid dienone is 1. The molecule has 0 amide bonds. The van der Waals surface area contributed by atoms with Gasteiger partial charge in [-0.1, -0.05) is 80.6 Å². The number of hydrogen-bond acceptors (Lipinski definition) is 4. The average Bonchev–Trinajstić information content (AvgIpc) is 2.91. The van der Waals surface area contributed by atoms with E-state index in [0.717, 1.165) is 28.8 Å². The van der Waals surface area contributed by atoms with E-state index in [4.69, 9.17) is 9.47 Å². The minimum atomic E-state index is -0.246. The number of hydrogen-bond donors (Lipinski definition) is 1. The number of carbonyl (C=O) groups is 1. The molecule has 2 aliphatic rings. The van der Waals surface area contributed by atoms with Crippen molar-refractivity contribution in [3.63, 3.8) is 0 Å². The van der Waals surface area contributed by atoms with Crippen LogP contribution in [-0.4, -0.2) is 12.9 Å². The van der Waals surface area contributed by atoms with Gasteiger partial charge in [-0.3, -0.25) is 4.79 Å². The first kappa shape index (κ1) is 23.4. The lowest BCUT2D eigenvalue weighted by Gasteiger charge is -2.40. The smallest absolute Gasteiger partial charge is 0.162 e. The Labute approximate surface area is 217 Å². The number of nitrogens with one attached hydrogen (secondary N) is 1. The topological polar surface area (TPSA) is 47.6 Å². The van der Waals surface area contributed by atoms with E-state index in [1.165, 1.54) is 21.9 Å². The summed E-state index contributed by atoms with van der Waals surface area (Å²) in [5.41, 5.74) is 6.28. The van der Waals surface area contributed by atoms with Crippen LogP contribution in [-0.2, 0) is 11.4 Å². The van der Waals surface area contributed by atoms with E-state index in [9.17, 15) is 4.79 Å². The molecule has 186 valence electrons. The minimum absolute atomic E-state index is 0.0845. The van der Waals surface area contributed by atoms with E-state index in [1.54, 1.807) is 7.11 Å². The molecule has 0 radical (unpaired) electrons. The number of ketones is 1. The van der Waals surface area contributed by atoms with Gasteiger partial charge in [-0.2, -0.15) is 0 Å². The van der Waals surface area contributed by atoms with Crippen molar-refractivity contribution in [2.24, 2.45) is 5.41 Å². The lowest BCUT2D eigenvalue weighted by molar-refractivity contribution is -0.118. The Morgan fingerprint density at radius 3 is 2.49 bits per heavy atom. The van der Waals surface area contributed by atoms with E-state index in [0.29, 0.717) is 24.5 Å². The zero-order chi connectivity index (χ0) is 25.6. The predicted octanol–water partition coefficient (Wildman–Crippen LogP) is 7.74. The Morgan fingerprint density at radius 2 is 1.68 bits per heavy atom. The van der Waals surface area contributed by atoms with Crippen LogP contribution in [0.3, 0.4) is 0 Å². The molecule has 1 N–H and O–H groups in total. The summed E-state index contributed by atoms with van der Waals surface area (Å²) in [4.78, 5) is 13.7. The van der Waals surface area contributed by atoms with Gasteiger partial charge in [0, 0.05) is 23.2 Å². The number of Topliss-reactive ketones (excluding diaryl/α,β-unsaturated/α-hetero) is 1. The van der Waals surface area contributed by atoms with Crippen molar-refractivity contribution in [1.82, 2.24) is 0 Å². The molecular weight excluding hydrogens is 458 g/mol. The third kappa shape index (κ3) is 4.27. The van der Waals surface area contributed by atoms with Gasteiger partial charge >= 0.3 is 0 Å². The second kappa shape index (κ2) is 9.11. The Kier molecular flexibility index (Phi) is 5.75. The molecule has 0 saturated carbocycles. The Balaban J connectivity index is 1.43. The molecule has 1 heterocycles. The maximum atomic E-state index is 13.7. The molecule has 1 aliphatic heterocycles. The van der Waals surface area contributed by atoms with Gasteiger partial charge < -0.3 is 14.8 Å². The van der Waals surface area contributed by atoms with Gasteiger partial charge in [-0.25, -0.2) is 0 Å². The van der Waals surface area contributed by atoms with Gasteiger partial charge in [0.2, 0.25) is 0 Å². The van der Waals surface area contributed by atoms with Crippen LogP contribution in [0.1, 0.15) is 49.4 Å². The third-order valence-electron chi connectivity index (χ3n) is 7.50. The summed E-state index contributed by atoms with van der Waals surface area (Å²) in [6, 6.07) is 28.6. The fraction of sp³-hybridized carbons (Fsp3) is 0.242. The number of benzene rings is 4. The maximum absolute atomic E-state index is 13.7. The SMILES string of the molecule is COc1cc(C2Nc3ccc4ccccc4c3C3=C2C(=O)CC(C)(C)C3)ccc1OCc1ccccc1. The number of methoxy groups -OCH3 is 1. The van der Waals surface area contributed by atoms with Crippen molar-refractivity contribution in [1.29, 1.82) is 0 Å². The molecule has 6 rings (SSSR count). The number of carbonyl (C=O) groups excluding carboxylic acids is 1. The van der Waals surface area contributed by atoms with E-state index < -0.39 is 0 Å². The Morgan fingerprint density at radius 1 is 0.892 bits per heavy atom. The fourth-order valence-corrected chi connectivity index (χ4v) is 5.81. The second-order valence-corrected chi connectivity index (χ2v) is 10.8. The summed E-state index contributed by atoms with van der Waals surface area (Å²) in [6.45, 7) is 4.85. The number of fused-ring (bicyclic) bond motifs is 4. The van der Waals surface area contributed by atoms with Crippen LogP contribution in [0.4, 0.5) is 5.69 Å². The lowest BCUT2D eigenvalue weighted by atomic mass is 9.68. The first-order valence-corrected chi connectivity index (χ1v) is 12.8. The van der Waals surface area contributed by atoms with Gasteiger partial charge in [0.15, 0.2) is 17.3 Å². The van der Waals surface area contributed by atoms with Crippen molar-refractivity contribution in [2.75, 3.05) is 12.4 Å². The number of anilines is 1. The Hall–Kier alpha value is -4.05. The number of rotatable bonds is 5. The van der Waals surface area contributed by atoms with Gasteiger partial charge in [0.05, 0.1) is 13.2 Å². The van der Waals surface area contributed by atoms with E-state index in [-0.39, 0.29) is 17.2 Å². The van der Waals surface area contributed by atoms with E-state index >= 15 is 0 Å². The Bertz CT molecular complexity index is 1530. The standard InChI is InChI=1S/C33H31NO3/c1-33(2)18-25-30-24-12-8-7-11-22(24)13-15-26(30)34-32(31(25)27(35)19-33)23-14-16-28(29(17-23)36-3)37-20-21-9-5-4-6-10-21/h4-17,32,34H,18-20H2,1-3H3. The van der Waals surface area contributed by atoms with E-state index in [1.807, 2.05) is 48.5 Å². The van der Waals surface area contributed by atoms with Gasteiger partial charge in [0.1, 0.15) is 6.61 Å². The molecular formula is C33H31NO3. The van der Waals surface area contributed by atoms with Crippen LogP contribution in [0.15, 0.2) is 90.5 Å².